The molecule has 1 amide bonds. The third-order valence-electron chi connectivity index (χ3n) is 4.33. The van der Waals surface area contributed by atoms with Crippen LogP contribution in [0.15, 0.2) is 0 Å². The van der Waals surface area contributed by atoms with E-state index < -0.39 is 12.3 Å². The smallest absolute Gasteiger partial charge is 0.241 e. The van der Waals surface area contributed by atoms with E-state index in [4.69, 9.17) is 0 Å². The van der Waals surface area contributed by atoms with E-state index in [9.17, 15) is 13.6 Å². The summed E-state index contributed by atoms with van der Waals surface area (Å²) in [6.45, 7) is 1.60. The summed E-state index contributed by atoms with van der Waals surface area (Å²) in [7, 11) is 0. The molecule has 2 aliphatic rings. The third kappa shape index (κ3) is 4.71. The van der Waals surface area contributed by atoms with Crippen molar-refractivity contribution in [3.8, 4) is 0 Å². The Kier molecular flexibility index (Phi) is 5.55. The highest BCUT2D eigenvalue weighted by Crippen LogP contribution is 2.23. The van der Waals surface area contributed by atoms with Gasteiger partial charge in [0.05, 0.1) is 6.54 Å². The predicted molar refractivity (Wildman–Crippen MR) is 70.2 cm³/mol. The van der Waals surface area contributed by atoms with Crippen molar-refractivity contribution in [3.05, 3.63) is 0 Å². The second-order valence-electron chi connectivity index (χ2n) is 5.85. The molecule has 0 radical (unpaired) electrons. The fourth-order valence-corrected chi connectivity index (χ4v) is 3.09. The van der Waals surface area contributed by atoms with Crippen LogP contribution in [0, 0.1) is 5.92 Å². The van der Waals surface area contributed by atoms with Crippen LogP contribution in [0.3, 0.4) is 0 Å². The van der Waals surface area contributed by atoms with Gasteiger partial charge in [0, 0.05) is 12.0 Å². The number of amides is 1. The van der Waals surface area contributed by atoms with Crippen LogP contribution in [0.4, 0.5) is 8.78 Å². The molecule has 5 heteroatoms. The number of carbonyl (C=O) groups excluding carboxylic acids is 1. The van der Waals surface area contributed by atoms with Gasteiger partial charge in [-0.2, -0.15) is 0 Å². The first-order valence-corrected chi connectivity index (χ1v) is 7.45. The average molecular weight is 274 g/mol. The van der Waals surface area contributed by atoms with Gasteiger partial charge >= 0.3 is 0 Å². The molecule has 1 heterocycles. The van der Waals surface area contributed by atoms with E-state index in [1.54, 1.807) is 0 Å². The van der Waals surface area contributed by atoms with E-state index >= 15 is 0 Å². The van der Waals surface area contributed by atoms with Gasteiger partial charge in [0.15, 0.2) is 0 Å². The molecule has 3 nitrogen and oxygen atoms in total. The van der Waals surface area contributed by atoms with Crippen molar-refractivity contribution in [2.75, 3.05) is 19.6 Å². The van der Waals surface area contributed by atoms with Gasteiger partial charge in [-0.05, 0) is 38.8 Å². The van der Waals surface area contributed by atoms with E-state index in [0.717, 1.165) is 12.8 Å². The maximum absolute atomic E-state index is 12.5. The van der Waals surface area contributed by atoms with Crippen LogP contribution in [-0.2, 0) is 4.79 Å². The number of halogens is 2. The SMILES string of the molecule is O=C(CN1CCC(C(F)F)CC1)NC1CCCCC1. The Hall–Kier alpha value is -0.710. The molecule has 0 aromatic carbocycles. The minimum Gasteiger partial charge on any atom is -0.352 e. The van der Waals surface area contributed by atoms with Crippen molar-refractivity contribution in [2.24, 2.45) is 5.92 Å². The quantitative estimate of drug-likeness (QED) is 0.854. The van der Waals surface area contributed by atoms with Crippen LogP contribution < -0.4 is 5.32 Å². The van der Waals surface area contributed by atoms with E-state index in [1.165, 1.54) is 19.3 Å². The minimum absolute atomic E-state index is 0.0578. The van der Waals surface area contributed by atoms with Crippen LogP contribution in [0.25, 0.3) is 0 Å². The Bertz CT molecular complexity index is 285. The van der Waals surface area contributed by atoms with Crippen molar-refractivity contribution in [1.82, 2.24) is 10.2 Å². The van der Waals surface area contributed by atoms with E-state index in [-0.39, 0.29) is 5.91 Å². The molecule has 1 saturated carbocycles. The Labute approximate surface area is 113 Å². The van der Waals surface area contributed by atoms with Crippen molar-refractivity contribution < 1.29 is 13.6 Å². The Morgan fingerprint density at radius 2 is 1.74 bits per heavy atom. The molecular formula is C14H24F2N2O. The van der Waals surface area contributed by atoms with Gasteiger partial charge in [-0.25, -0.2) is 8.78 Å². The largest absolute Gasteiger partial charge is 0.352 e. The highest BCUT2D eigenvalue weighted by atomic mass is 19.3. The number of nitrogens with one attached hydrogen (secondary N) is 1. The number of hydrogen-bond acceptors (Lipinski definition) is 2. The van der Waals surface area contributed by atoms with Crippen molar-refractivity contribution >= 4 is 5.91 Å². The molecular weight excluding hydrogens is 250 g/mol. The molecule has 0 atom stereocenters. The predicted octanol–water partition coefficient (Wildman–Crippen LogP) is 2.41. The molecule has 1 saturated heterocycles. The van der Waals surface area contributed by atoms with Gasteiger partial charge in [0.1, 0.15) is 0 Å². The highest BCUT2D eigenvalue weighted by molar-refractivity contribution is 5.78. The molecule has 1 aliphatic carbocycles. The first-order chi connectivity index (χ1) is 9.15. The number of piperidine rings is 1. The van der Waals surface area contributed by atoms with Crippen molar-refractivity contribution in [1.29, 1.82) is 0 Å². The Balaban J connectivity index is 1.65. The molecule has 0 unspecified atom stereocenters. The Morgan fingerprint density at radius 1 is 1.11 bits per heavy atom. The van der Waals surface area contributed by atoms with Crippen LogP contribution in [0.2, 0.25) is 0 Å². The summed E-state index contributed by atoms with van der Waals surface area (Å²) in [5.74, 6) is -0.417. The molecule has 0 aromatic heterocycles. The maximum Gasteiger partial charge on any atom is 0.241 e. The Morgan fingerprint density at radius 3 is 2.32 bits per heavy atom. The van der Waals surface area contributed by atoms with Gasteiger partial charge < -0.3 is 5.32 Å². The first kappa shape index (κ1) is 14.7. The summed E-state index contributed by atoms with van der Waals surface area (Å²) in [6, 6.07) is 0.333. The fraction of sp³-hybridized carbons (Fsp3) is 0.929. The normalized spacial score (nSPS) is 23.7. The monoisotopic (exact) mass is 274 g/mol. The van der Waals surface area contributed by atoms with Gasteiger partial charge in [-0.1, -0.05) is 19.3 Å². The molecule has 0 aromatic rings. The molecule has 1 N–H and O–H groups in total. The lowest BCUT2D eigenvalue weighted by molar-refractivity contribution is -0.123. The van der Waals surface area contributed by atoms with Crippen LogP contribution >= 0.6 is 0 Å². The zero-order valence-corrected chi connectivity index (χ0v) is 11.4. The molecule has 0 spiro atoms. The number of hydrogen-bond donors (Lipinski definition) is 1. The lowest BCUT2D eigenvalue weighted by Crippen LogP contribution is -2.45. The summed E-state index contributed by atoms with van der Waals surface area (Å²) < 4.78 is 25.0. The summed E-state index contributed by atoms with van der Waals surface area (Å²) in [4.78, 5) is 13.9. The molecule has 110 valence electrons. The van der Waals surface area contributed by atoms with Gasteiger partial charge in [0.25, 0.3) is 0 Å². The van der Waals surface area contributed by atoms with Gasteiger partial charge in [-0.3, -0.25) is 9.69 Å². The lowest BCUT2D eigenvalue weighted by atomic mass is 9.95. The zero-order chi connectivity index (χ0) is 13.7. The maximum atomic E-state index is 12.5. The molecule has 2 fully saturated rings. The van der Waals surface area contributed by atoms with Gasteiger partial charge in [-0.15, -0.1) is 0 Å². The topological polar surface area (TPSA) is 32.3 Å². The van der Waals surface area contributed by atoms with Crippen LogP contribution in [0.1, 0.15) is 44.9 Å². The van der Waals surface area contributed by atoms with E-state index in [0.29, 0.717) is 38.5 Å². The second-order valence-corrected chi connectivity index (χ2v) is 5.85. The summed E-state index contributed by atoms with van der Waals surface area (Å²) >= 11 is 0. The molecule has 0 bridgehead atoms. The lowest BCUT2D eigenvalue weighted by Gasteiger charge is -2.31. The average Bonchev–Trinajstić information content (AvgIpc) is 2.40. The highest BCUT2D eigenvalue weighted by Gasteiger charge is 2.27. The number of rotatable bonds is 4. The fourth-order valence-electron chi connectivity index (χ4n) is 3.09. The zero-order valence-electron chi connectivity index (χ0n) is 11.4. The molecule has 1 aliphatic heterocycles. The van der Waals surface area contributed by atoms with Crippen LogP contribution in [0.5, 0.6) is 0 Å². The van der Waals surface area contributed by atoms with Crippen molar-refractivity contribution in [2.45, 2.75) is 57.4 Å². The number of alkyl halides is 2. The van der Waals surface area contributed by atoms with Gasteiger partial charge in [0.2, 0.25) is 12.3 Å². The van der Waals surface area contributed by atoms with E-state index in [1.807, 2.05) is 4.90 Å². The summed E-state index contributed by atoms with van der Waals surface area (Å²) in [5.41, 5.74) is 0. The van der Waals surface area contributed by atoms with Crippen LogP contribution in [-0.4, -0.2) is 42.9 Å². The van der Waals surface area contributed by atoms with Crippen molar-refractivity contribution in [3.63, 3.8) is 0 Å². The summed E-state index contributed by atoms with van der Waals surface area (Å²) in [5, 5.41) is 3.07. The third-order valence-corrected chi connectivity index (χ3v) is 4.33. The number of nitrogens with zero attached hydrogens (tertiary/aromatic N) is 1. The second kappa shape index (κ2) is 7.17. The standard InChI is InChI=1S/C14H24F2N2O/c15-14(16)11-6-8-18(9-7-11)10-13(19)17-12-4-2-1-3-5-12/h11-12,14H,1-10H2,(H,17,19). The molecule has 19 heavy (non-hydrogen) atoms. The minimum atomic E-state index is -2.21. The van der Waals surface area contributed by atoms with E-state index in [2.05, 4.69) is 5.32 Å². The number of likely N-dealkylation sites (tertiary alicyclic amines) is 1. The summed E-state index contributed by atoms with van der Waals surface area (Å²) in [6.07, 6.45) is 4.64. The number of carbonyl (C=O) groups is 1. The first-order valence-electron chi connectivity index (χ1n) is 7.45. The molecule has 2 rings (SSSR count).